The number of nitrogens with one attached hydrogen (secondary N) is 1. The largest absolute Gasteiger partial charge is 0.436 e. The summed E-state index contributed by atoms with van der Waals surface area (Å²) in [6.45, 7) is 1.50. The van der Waals surface area contributed by atoms with Gasteiger partial charge in [-0.3, -0.25) is 9.79 Å². The minimum absolute atomic E-state index is 0.00196. The SMILES string of the molecule is NC(N)=NCCC[C@H](N)C(=O)NCCN1C=CN(c2ccc(Oc3ccccn3)c(F)c2F)C1. The number of benzene rings is 1. The van der Waals surface area contributed by atoms with Crippen LogP contribution in [0.3, 0.4) is 0 Å². The van der Waals surface area contributed by atoms with Gasteiger partial charge in [0.25, 0.3) is 0 Å². The van der Waals surface area contributed by atoms with Crippen molar-refractivity contribution in [1.82, 2.24) is 15.2 Å². The third-order valence-corrected chi connectivity index (χ3v) is 4.98. The molecular formula is C22H28F2N8O2. The normalized spacial score (nSPS) is 13.6. The van der Waals surface area contributed by atoms with E-state index >= 15 is 0 Å². The van der Waals surface area contributed by atoms with E-state index in [0.717, 1.165) is 0 Å². The fourth-order valence-electron chi connectivity index (χ4n) is 3.21. The van der Waals surface area contributed by atoms with Crippen LogP contribution in [0.5, 0.6) is 11.6 Å². The maximum Gasteiger partial charge on any atom is 0.236 e. The van der Waals surface area contributed by atoms with Crippen LogP contribution in [0.2, 0.25) is 0 Å². The molecule has 2 heterocycles. The average Bonchev–Trinajstić information content (AvgIpc) is 3.28. The summed E-state index contributed by atoms with van der Waals surface area (Å²) in [5, 5.41) is 2.76. The van der Waals surface area contributed by atoms with Crippen LogP contribution in [0.1, 0.15) is 12.8 Å². The number of carbonyl (C=O) groups is 1. The monoisotopic (exact) mass is 474 g/mol. The van der Waals surface area contributed by atoms with Crippen molar-refractivity contribution in [3.8, 4) is 11.6 Å². The van der Waals surface area contributed by atoms with Gasteiger partial charge in [0.1, 0.15) is 0 Å². The van der Waals surface area contributed by atoms with Crippen molar-refractivity contribution in [1.29, 1.82) is 0 Å². The fraction of sp³-hybridized carbons (Fsp3) is 0.318. The molecule has 1 aliphatic rings. The summed E-state index contributed by atoms with van der Waals surface area (Å²) in [5.74, 6) is -2.49. The zero-order valence-corrected chi connectivity index (χ0v) is 18.5. The number of pyridine rings is 1. The Balaban J connectivity index is 1.45. The highest BCUT2D eigenvalue weighted by Crippen LogP contribution is 2.32. The molecular weight excluding hydrogens is 446 g/mol. The average molecular weight is 475 g/mol. The second-order valence-electron chi connectivity index (χ2n) is 7.55. The van der Waals surface area contributed by atoms with Crippen LogP contribution < -0.4 is 32.2 Å². The van der Waals surface area contributed by atoms with Gasteiger partial charge in [0.05, 0.1) is 18.4 Å². The lowest BCUT2D eigenvalue weighted by Gasteiger charge is -2.22. The molecule has 1 aromatic heterocycles. The highest BCUT2D eigenvalue weighted by Gasteiger charge is 2.22. The molecule has 1 atom stereocenters. The lowest BCUT2D eigenvalue weighted by atomic mass is 10.1. The number of halogens is 2. The number of aliphatic imine (C=N–C) groups is 1. The Morgan fingerprint density at radius 1 is 1.21 bits per heavy atom. The van der Waals surface area contributed by atoms with Gasteiger partial charge in [-0.15, -0.1) is 0 Å². The van der Waals surface area contributed by atoms with E-state index in [9.17, 15) is 13.6 Å². The van der Waals surface area contributed by atoms with Gasteiger partial charge < -0.3 is 37.1 Å². The number of aromatic nitrogens is 1. The van der Waals surface area contributed by atoms with Gasteiger partial charge in [-0.25, -0.2) is 9.37 Å². The van der Waals surface area contributed by atoms with Crippen LogP contribution >= 0.6 is 0 Å². The molecule has 0 saturated heterocycles. The second kappa shape index (κ2) is 11.8. The molecule has 1 aliphatic heterocycles. The van der Waals surface area contributed by atoms with E-state index in [1.807, 2.05) is 4.90 Å². The minimum atomic E-state index is -1.10. The minimum Gasteiger partial charge on any atom is -0.436 e. The topological polar surface area (TPSA) is 148 Å². The van der Waals surface area contributed by atoms with Gasteiger partial charge in [0.15, 0.2) is 17.5 Å². The molecule has 0 bridgehead atoms. The molecule has 0 fully saturated rings. The van der Waals surface area contributed by atoms with Crippen molar-refractivity contribution < 1.29 is 18.3 Å². The maximum absolute atomic E-state index is 14.7. The first-order valence-electron chi connectivity index (χ1n) is 10.7. The van der Waals surface area contributed by atoms with Crippen molar-refractivity contribution in [2.24, 2.45) is 22.2 Å². The predicted molar refractivity (Wildman–Crippen MR) is 125 cm³/mol. The van der Waals surface area contributed by atoms with Crippen LogP contribution in [0.25, 0.3) is 0 Å². The van der Waals surface area contributed by atoms with Gasteiger partial charge in [-0.1, -0.05) is 6.07 Å². The highest BCUT2D eigenvalue weighted by atomic mass is 19.2. The number of carbonyl (C=O) groups excluding carboxylic acids is 1. The van der Waals surface area contributed by atoms with Crippen LogP contribution in [0, 0.1) is 11.6 Å². The zero-order valence-electron chi connectivity index (χ0n) is 18.5. The summed E-state index contributed by atoms with van der Waals surface area (Å²) < 4.78 is 34.6. The number of amides is 1. The van der Waals surface area contributed by atoms with Crippen LogP contribution in [0.4, 0.5) is 14.5 Å². The van der Waals surface area contributed by atoms with Gasteiger partial charge in [0.2, 0.25) is 17.6 Å². The standard InChI is InChI=1S/C22H28F2N8O2/c23-19-16(6-7-17(20(19)24)34-18-5-1-2-8-28-18)32-13-12-31(14-32)11-10-29-21(33)15(25)4-3-9-30-22(26)27/h1-2,5-8,12-13,15H,3-4,9-11,14,25H2,(H,29,33)(H4,26,27,30)/t15-/m0/s1. The molecule has 1 amide bonds. The Morgan fingerprint density at radius 2 is 2.03 bits per heavy atom. The quantitative estimate of drug-likeness (QED) is 0.216. The number of anilines is 1. The van der Waals surface area contributed by atoms with Crippen LogP contribution in [-0.2, 0) is 4.79 Å². The van der Waals surface area contributed by atoms with E-state index < -0.39 is 17.7 Å². The summed E-state index contributed by atoms with van der Waals surface area (Å²) in [6.07, 6.45) is 5.90. The van der Waals surface area contributed by atoms with Crippen molar-refractivity contribution in [3.63, 3.8) is 0 Å². The van der Waals surface area contributed by atoms with E-state index in [-0.39, 0.29) is 35.9 Å². The highest BCUT2D eigenvalue weighted by molar-refractivity contribution is 5.81. The van der Waals surface area contributed by atoms with Gasteiger partial charge in [-0.2, -0.15) is 4.39 Å². The zero-order chi connectivity index (χ0) is 24.5. The Morgan fingerprint density at radius 3 is 2.76 bits per heavy atom. The molecule has 2 aromatic rings. The molecule has 0 spiro atoms. The first-order chi connectivity index (χ1) is 16.3. The number of hydrogen-bond donors (Lipinski definition) is 4. The lowest BCUT2D eigenvalue weighted by Crippen LogP contribution is -2.43. The van der Waals surface area contributed by atoms with E-state index in [0.29, 0.717) is 32.5 Å². The summed E-state index contributed by atoms with van der Waals surface area (Å²) in [4.78, 5) is 23.3. The molecule has 3 rings (SSSR count). The van der Waals surface area contributed by atoms with Crippen molar-refractivity contribution >= 4 is 17.6 Å². The van der Waals surface area contributed by atoms with Crippen LogP contribution in [0.15, 0.2) is 53.9 Å². The van der Waals surface area contributed by atoms with Crippen molar-refractivity contribution in [2.45, 2.75) is 18.9 Å². The molecule has 34 heavy (non-hydrogen) atoms. The van der Waals surface area contributed by atoms with Gasteiger partial charge in [0, 0.05) is 44.3 Å². The number of guanidine groups is 1. The molecule has 1 aromatic carbocycles. The van der Waals surface area contributed by atoms with E-state index in [1.54, 1.807) is 35.5 Å². The lowest BCUT2D eigenvalue weighted by molar-refractivity contribution is -0.122. The summed E-state index contributed by atoms with van der Waals surface area (Å²) in [6, 6.07) is 7.05. The third kappa shape index (κ3) is 6.78. The number of hydrogen-bond acceptors (Lipinski definition) is 7. The molecule has 12 heteroatoms. The van der Waals surface area contributed by atoms with Crippen molar-refractivity contribution in [2.75, 3.05) is 31.2 Å². The first kappa shape index (κ1) is 24.7. The molecule has 0 aliphatic carbocycles. The summed E-state index contributed by atoms with van der Waals surface area (Å²) >= 11 is 0. The predicted octanol–water partition coefficient (Wildman–Crippen LogP) is 1.20. The Hall–Kier alpha value is -3.93. The Bertz CT molecular complexity index is 1030. The fourth-order valence-corrected chi connectivity index (χ4v) is 3.21. The summed E-state index contributed by atoms with van der Waals surface area (Å²) in [7, 11) is 0. The van der Waals surface area contributed by atoms with Gasteiger partial charge >= 0.3 is 0 Å². The number of rotatable bonds is 11. The molecule has 0 radical (unpaired) electrons. The molecule has 0 saturated carbocycles. The molecule has 10 nitrogen and oxygen atoms in total. The Labute approximate surface area is 196 Å². The molecule has 7 N–H and O–H groups in total. The Kier molecular flexibility index (Phi) is 8.57. The number of ether oxygens (including phenoxy) is 1. The van der Waals surface area contributed by atoms with Crippen molar-refractivity contribution in [3.05, 3.63) is 60.6 Å². The number of nitrogens with two attached hydrogens (primary N) is 3. The van der Waals surface area contributed by atoms with E-state index in [2.05, 4.69) is 15.3 Å². The summed E-state index contributed by atoms with van der Waals surface area (Å²) in [5.41, 5.74) is 16.4. The van der Waals surface area contributed by atoms with E-state index in [4.69, 9.17) is 21.9 Å². The second-order valence-corrected chi connectivity index (χ2v) is 7.55. The van der Waals surface area contributed by atoms with Crippen LogP contribution in [-0.4, -0.2) is 54.1 Å². The molecule has 182 valence electrons. The maximum atomic E-state index is 14.7. The van der Waals surface area contributed by atoms with Gasteiger partial charge in [-0.05, 0) is 31.0 Å². The number of nitrogens with zero attached hydrogens (tertiary/aromatic N) is 4. The first-order valence-corrected chi connectivity index (χ1v) is 10.7. The van der Waals surface area contributed by atoms with E-state index in [1.165, 1.54) is 18.3 Å². The third-order valence-electron chi connectivity index (χ3n) is 4.98. The molecule has 0 unspecified atom stereocenters. The smallest absolute Gasteiger partial charge is 0.236 e.